The number of anilines is 1. The largest absolute Gasteiger partial charge is 0.373 e. The highest BCUT2D eigenvalue weighted by atomic mass is 16.3. The first-order chi connectivity index (χ1) is 12.3. The minimum absolute atomic E-state index is 0.00688. The molecule has 1 aromatic carbocycles. The van der Waals surface area contributed by atoms with Crippen molar-refractivity contribution in [2.24, 2.45) is 0 Å². The maximum absolute atomic E-state index is 12.8. The maximum atomic E-state index is 12.8. The van der Waals surface area contributed by atoms with Crippen molar-refractivity contribution in [1.29, 1.82) is 0 Å². The van der Waals surface area contributed by atoms with Crippen molar-refractivity contribution >= 4 is 11.6 Å². The van der Waals surface area contributed by atoms with Crippen LogP contribution in [-0.4, -0.2) is 21.5 Å². The Hall–Kier alpha value is -2.24. The molecule has 138 valence electrons. The number of carbonyl (C=O) groups is 1. The van der Waals surface area contributed by atoms with Gasteiger partial charge in [0.25, 0.3) is 0 Å². The number of aliphatic hydroxyl groups is 1. The van der Waals surface area contributed by atoms with E-state index in [2.05, 4.69) is 21.7 Å². The Balaban J connectivity index is 1.74. The van der Waals surface area contributed by atoms with Gasteiger partial charge in [0, 0.05) is 17.4 Å². The molecule has 1 aliphatic rings. The molecular weight excluding hydrogens is 326 g/mol. The van der Waals surface area contributed by atoms with Crippen LogP contribution in [0, 0.1) is 0 Å². The van der Waals surface area contributed by atoms with E-state index in [1.54, 1.807) is 18.3 Å². The number of hydrogen-bond acceptors (Lipinski definition) is 4. The molecule has 0 spiro atoms. The normalized spacial score (nSPS) is 18.1. The topological polar surface area (TPSA) is 74.2 Å². The summed E-state index contributed by atoms with van der Waals surface area (Å²) >= 11 is 0. The maximum Gasteiger partial charge on any atom is 0.231 e. The van der Waals surface area contributed by atoms with Crippen LogP contribution in [0.15, 0.2) is 42.6 Å². The number of fused-ring (bicyclic) bond motifs is 1. The van der Waals surface area contributed by atoms with Crippen molar-refractivity contribution in [2.75, 3.05) is 5.32 Å². The third kappa shape index (κ3) is 4.48. The van der Waals surface area contributed by atoms with Gasteiger partial charge >= 0.3 is 0 Å². The van der Waals surface area contributed by atoms with Crippen molar-refractivity contribution in [1.82, 2.24) is 10.3 Å². The zero-order chi connectivity index (χ0) is 18.7. The van der Waals surface area contributed by atoms with Crippen LogP contribution in [0.3, 0.4) is 0 Å². The summed E-state index contributed by atoms with van der Waals surface area (Å²) in [6, 6.07) is 11.6. The van der Waals surface area contributed by atoms with Gasteiger partial charge < -0.3 is 10.4 Å². The predicted molar refractivity (Wildman–Crippen MR) is 103 cm³/mol. The quantitative estimate of drug-likeness (QED) is 0.735. The van der Waals surface area contributed by atoms with Gasteiger partial charge in [-0.3, -0.25) is 15.1 Å². The molecule has 0 radical (unpaired) electrons. The molecule has 0 saturated heterocycles. The summed E-state index contributed by atoms with van der Waals surface area (Å²) in [7, 11) is 0. The Kier molecular flexibility index (Phi) is 5.39. The van der Waals surface area contributed by atoms with Gasteiger partial charge in [-0.05, 0) is 63.3 Å². The molecule has 1 heterocycles. The first kappa shape index (κ1) is 18.5. The first-order valence-corrected chi connectivity index (χ1v) is 9.14. The highest BCUT2D eigenvalue weighted by Crippen LogP contribution is 2.32. The summed E-state index contributed by atoms with van der Waals surface area (Å²) in [5.74, 6) is -0.137. The Morgan fingerprint density at radius 1 is 1.27 bits per heavy atom. The highest BCUT2D eigenvalue weighted by molar-refractivity contribution is 5.96. The number of amides is 1. The molecule has 1 aromatic heterocycles. The van der Waals surface area contributed by atoms with Crippen LogP contribution in [0.1, 0.15) is 62.6 Å². The number of benzene rings is 1. The lowest BCUT2D eigenvalue weighted by Gasteiger charge is -2.26. The molecule has 2 aromatic rings. The standard InChI is InChI=1S/C21H27N3O2/c1-21(2,3)24-20(26)18-13-15(11-12-22-18)23-19(25)17-10-6-8-14-7-4-5-9-16(14)17/h4-5,7,9,11-13,17,20,24,26H,6,8,10H2,1-3H3,(H,22,23,25). The van der Waals surface area contributed by atoms with Crippen molar-refractivity contribution in [3.8, 4) is 0 Å². The minimum Gasteiger partial charge on any atom is -0.373 e. The fraction of sp³-hybridized carbons (Fsp3) is 0.429. The van der Waals surface area contributed by atoms with Gasteiger partial charge in [0.05, 0.1) is 11.6 Å². The molecular formula is C21H27N3O2. The second kappa shape index (κ2) is 7.56. The molecule has 5 nitrogen and oxygen atoms in total. The van der Waals surface area contributed by atoms with E-state index in [4.69, 9.17) is 0 Å². The van der Waals surface area contributed by atoms with Crippen molar-refractivity contribution in [3.05, 3.63) is 59.4 Å². The number of aryl methyl sites for hydroxylation is 1. The van der Waals surface area contributed by atoms with E-state index in [0.717, 1.165) is 24.8 Å². The Morgan fingerprint density at radius 3 is 2.81 bits per heavy atom. The summed E-state index contributed by atoms with van der Waals surface area (Å²) in [6.45, 7) is 5.92. The van der Waals surface area contributed by atoms with Crippen LogP contribution in [0.25, 0.3) is 0 Å². The fourth-order valence-electron chi connectivity index (χ4n) is 3.42. The second-order valence-electron chi connectivity index (χ2n) is 7.90. The average molecular weight is 353 g/mol. The first-order valence-electron chi connectivity index (χ1n) is 9.14. The van der Waals surface area contributed by atoms with E-state index in [1.807, 2.05) is 39.0 Å². The molecule has 3 rings (SSSR count). The SMILES string of the molecule is CC(C)(C)NC(O)c1cc(NC(=O)C2CCCc3ccccc32)ccn1. The van der Waals surface area contributed by atoms with E-state index in [1.165, 1.54) is 5.56 Å². The van der Waals surface area contributed by atoms with Crippen LogP contribution >= 0.6 is 0 Å². The van der Waals surface area contributed by atoms with Crippen LogP contribution in [0.2, 0.25) is 0 Å². The second-order valence-corrected chi connectivity index (χ2v) is 7.90. The molecule has 0 bridgehead atoms. The number of pyridine rings is 1. The lowest BCUT2D eigenvalue weighted by Crippen LogP contribution is -2.39. The molecule has 0 saturated carbocycles. The molecule has 2 unspecified atom stereocenters. The van der Waals surface area contributed by atoms with Gasteiger partial charge in [-0.2, -0.15) is 0 Å². The van der Waals surface area contributed by atoms with Gasteiger partial charge in [-0.25, -0.2) is 0 Å². The number of carbonyl (C=O) groups excluding carboxylic acids is 1. The predicted octanol–water partition coefficient (Wildman–Crippen LogP) is 3.52. The Labute approximate surface area is 154 Å². The van der Waals surface area contributed by atoms with E-state index in [0.29, 0.717) is 11.4 Å². The summed E-state index contributed by atoms with van der Waals surface area (Å²) in [4.78, 5) is 17.0. The zero-order valence-corrected chi connectivity index (χ0v) is 15.6. The monoisotopic (exact) mass is 353 g/mol. The fourth-order valence-corrected chi connectivity index (χ4v) is 3.42. The highest BCUT2D eigenvalue weighted by Gasteiger charge is 2.26. The summed E-state index contributed by atoms with van der Waals surface area (Å²) in [5.41, 5.74) is 3.28. The minimum atomic E-state index is -0.887. The van der Waals surface area contributed by atoms with Gasteiger partial charge in [0.2, 0.25) is 5.91 Å². The van der Waals surface area contributed by atoms with E-state index in [-0.39, 0.29) is 17.4 Å². The van der Waals surface area contributed by atoms with Gasteiger partial charge in [0.15, 0.2) is 0 Å². The van der Waals surface area contributed by atoms with Crippen LogP contribution in [0.5, 0.6) is 0 Å². The molecule has 2 atom stereocenters. The Morgan fingerprint density at radius 2 is 2.04 bits per heavy atom. The third-order valence-electron chi connectivity index (χ3n) is 4.58. The van der Waals surface area contributed by atoms with Gasteiger partial charge in [-0.1, -0.05) is 24.3 Å². The molecule has 26 heavy (non-hydrogen) atoms. The zero-order valence-electron chi connectivity index (χ0n) is 15.6. The average Bonchev–Trinajstić information content (AvgIpc) is 2.60. The van der Waals surface area contributed by atoms with Crippen LogP contribution in [0.4, 0.5) is 5.69 Å². The molecule has 0 aliphatic heterocycles. The van der Waals surface area contributed by atoms with E-state index in [9.17, 15) is 9.90 Å². The summed E-state index contributed by atoms with van der Waals surface area (Å²) < 4.78 is 0. The third-order valence-corrected chi connectivity index (χ3v) is 4.58. The van der Waals surface area contributed by atoms with Gasteiger partial charge in [-0.15, -0.1) is 0 Å². The van der Waals surface area contributed by atoms with Gasteiger partial charge in [0.1, 0.15) is 6.23 Å². The van der Waals surface area contributed by atoms with Crippen molar-refractivity contribution in [2.45, 2.75) is 57.7 Å². The van der Waals surface area contributed by atoms with E-state index < -0.39 is 6.23 Å². The molecule has 1 aliphatic carbocycles. The van der Waals surface area contributed by atoms with Crippen LogP contribution < -0.4 is 10.6 Å². The molecule has 5 heteroatoms. The van der Waals surface area contributed by atoms with E-state index >= 15 is 0 Å². The number of rotatable bonds is 4. The molecule has 1 amide bonds. The smallest absolute Gasteiger partial charge is 0.231 e. The number of nitrogens with one attached hydrogen (secondary N) is 2. The lowest BCUT2D eigenvalue weighted by atomic mass is 9.82. The molecule has 3 N–H and O–H groups in total. The summed E-state index contributed by atoms with van der Waals surface area (Å²) in [5, 5.41) is 16.4. The molecule has 0 fully saturated rings. The lowest BCUT2D eigenvalue weighted by molar-refractivity contribution is -0.117. The van der Waals surface area contributed by atoms with Crippen molar-refractivity contribution in [3.63, 3.8) is 0 Å². The number of nitrogens with zero attached hydrogens (tertiary/aromatic N) is 1. The summed E-state index contributed by atoms with van der Waals surface area (Å²) in [6.07, 6.45) is 3.62. The number of hydrogen-bond donors (Lipinski definition) is 3. The Bertz CT molecular complexity index is 783. The van der Waals surface area contributed by atoms with Crippen molar-refractivity contribution < 1.29 is 9.90 Å². The number of aliphatic hydroxyl groups excluding tert-OH is 1. The number of aromatic nitrogens is 1. The van der Waals surface area contributed by atoms with Crippen LogP contribution in [-0.2, 0) is 11.2 Å².